The van der Waals surface area contributed by atoms with E-state index < -0.39 is 0 Å². The standard InChI is InChI=1S/C20H29N3O2/c24-20-19(8-7-17-5-1-2-6-18(17)21-20)23-9-3-4-16(15-23)14-22-10-12-25-13-11-22/h1-2,5-6,16,19H,3-4,7-15H2,(H,21,24)/t16-,19-/m0/s1. The molecule has 5 nitrogen and oxygen atoms in total. The molecule has 0 unspecified atom stereocenters. The predicted octanol–water partition coefficient (Wildman–Crippen LogP) is 1.98. The van der Waals surface area contributed by atoms with Crippen molar-refractivity contribution < 1.29 is 9.53 Å². The highest BCUT2D eigenvalue weighted by molar-refractivity contribution is 5.96. The molecule has 1 aromatic carbocycles. The highest BCUT2D eigenvalue weighted by atomic mass is 16.5. The number of nitrogens with zero attached hydrogens (tertiary/aromatic N) is 2. The topological polar surface area (TPSA) is 44.8 Å². The number of piperidine rings is 1. The van der Waals surface area contributed by atoms with Gasteiger partial charge in [0.25, 0.3) is 0 Å². The van der Waals surface area contributed by atoms with E-state index in [1.807, 2.05) is 12.1 Å². The van der Waals surface area contributed by atoms with E-state index in [1.165, 1.54) is 18.4 Å². The normalized spacial score (nSPS) is 28.9. The molecule has 3 aliphatic rings. The summed E-state index contributed by atoms with van der Waals surface area (Å²) in [6, 6.07) is 8.23. The Morgan fingerprint density at radius 1 is 1.12 bits per heavy atom. The van der Waals surface area contributed by atoms with Crippen molar-refractivity contribution in [2.75, 3.05) is 51.3 Å². The average Bonchev–Trinajstić information content (AvgIpc) is 2.81. The Kier molecular flexibility index (Phi) is 5.34. The van der Waals surface area contributed by atoms with Crippen molar-refractivity contribution >= 4 is 11.6 Å². The fraction of sp³-hybridized carbons (Fsp3) is 0.650. The Labute approximate surface area is 150 Å². The van der Waals surface area contributed by atoms with Gasteiger partial charge in [0.05, 0.1) is 19.3 Å². The summed E-state index contributed by atoms with van der Waals surface area (Å²) in [4.78, 5) is 17.8. The first kappa shape index (κ1) is 17.0. The number of rotatable bonds is 3. The van der Waals surface area contributed by atoms with Crippen LogP contribution in [0.4, 0.5) is 5.69 Å². The quantitative estimate of drug-likeness (QED) is 0.912. The van der Waals surface area contributed by atoms with Gasteiger partial charge in [0.2, 0.25) is 5.91 Å². The van der Waals surface area contributed by atoms with Gasteiger partial charge >= 0.3 is 0 Å². The Balaban J connectivity index is 1.38. The lowest BCUT2D eigenvalue weighted by Crippen LogP contribution is -2.50. The van der Waals surface area contributed by atoms with Gasteiger partial charge in [-0.3, -0.25) is 14.6 Å². The van der Waals surface area contributed by atoms with Crippen LogP contribution in [0.2, 0.25) is 0 Å². The molecular formula is C20H29N3O2. The second-order valence-corrected chi connectivity index (χ2v) is 7.62. The molecule has 0 bridgehead atoms. The zero-order valence-corrected chi connectivity index (χ0v) is 15.0. The van der Waals surface area contributed by atoms with Gasteiger partial charge in [0, 0.05) is 31.9 Å². The Bertz CT molecular complexity index is 600. The molecule has 1 amide bonds. The number of carbonyl (C=O) groups is 1. The molecule has 1 aromatic rings. The van der Waals surface area contributed by atoms with E-state index in [0.717, 1.165) is 64.5 Å². The minimum atomic E-state index is 0.0138. The van der Waals surface area contributed by atoms with Crippen molar-refractivity contribution in [1.82, 2.24) is 9.80 Å². The van der Waals surface area contributed by atoms with Gasteiger partial charge in [-0.2, -0.15) is 0 Å². The molecule has 0 radical (unpaired) electrons. The first-order valence-corrected chi connectivity index (χ1v) is 9.72. The number of amides is 1. The molecule has 2 saturated heterocycles. The van der Waals surface area contributed by atoms with Gasteiger partial charge < -0.3 is 10.1 Å². The van der Waals surface area contributed by atoms with Gasteiger partial charge in [-0.15, -0.1) is 0 Å². The Hall–Kier alpha value is -1.43. The van der Waals surface area contributed by atoms with Crippen molar-refractivity contribution in [3.63, 3.8) is 0 Å². The Morgan fingerprint density at radius 3 is 2.84 bits per heavy atom. The summed E-state index contributed by atoms with van der Waals surface area (Å²) >= 11 is 0. The number of likely N-dealkylation sites (tertiary alicyclic amines) is 1. The first-order chi connectivity index (χ1) is 12.3. The van der Waals surface area contributed by atoms with Crippen LogP contribution in [0.15, 0.2) is 24.3 Å². The van der Waals surface area contributed by atoms with E-state index in [1.54, 1.807) is 0 Å². The molecule has 2 atom stereocenters. The number of fused-ring (bicyclic) bond motifs is 1. The van der Waals surface area contributed by atoms with Gasteiger partial charge in [-0.1, -0.05) is 18.2 Å². The number of ether oxygens (including phenoxy) is 1. The lowest BCUT2D eigenvalue weighted by Gasteiger charge is -2.39. The van der Waals surface area contributed by atoms with Crippen LogP contribution in [-0.2, 0) is 16.0 Å². The number of carbonyl (C=O) groups excluding carboxylic acids is 1. The fourth-order valence-corrected chi connectivity index (χ4v) is 4.53. The molecule has 3 heterocycles. The lowest BCUT2D eigenvalue weighted by atomic mass is 9.94. The molecule has 2 fully saturated rings. The third kappa shape index (κ3) is 4.05. The summed E-state index contributed by atoms with van der Waals surface area (Å²) in [5.74, 6) is 0.849. The van der Waals surface area contributed by atoms with Gasteiger partial charge in [-0.25, -0.2) is 0 Å². The number of morpholine rings is 1. The number of nitrogens with one attached hydrogen (secondary N) is 1. The van der Waals surface area contributed by atoms with Crippen LogP contribution in [0.25, 0.3) is 0 Å². The molecule has 4 rings (SSSR count). The van der Waals surface area contributed by atoms with Crippen molar-refractivity contribution in [2.45, 2.75) is 31.7 Å². The van der Waals surface area contributed by atoms with Gasteiger partial charge in [0.1, 0.15) is 0 Å². The third-order valence-electron chi connectivity index (χ3n) is 5.88. The van der Waals surface area contributed by atoms with Crippen LogP contribution in [0, 0.1) is 5.92 Å². The van der Waals surface area contributed by atoms with Crippen LogP contribution in [0.3, 0.4) is 0 Å². The van der Waals surface area contributed by atoms with Crippen LogP contribution < -0.4 is 5.32 Å². The van der Waals surface area contributed by atoms with Crippen LogP contribution in [0.5, 0.6) is 0 Å². The second-order valence-electron chi connectivity index (χ2n) is 7.62. The number of aryl methyl sites for hydroxylation is 1. The summed E-state index contributed by atoms with van der Waals surface area (Å²) in [7, 11) is 0. The van der Waals surface area contributed by atoms with Crippen LogP contribution in [0.1, 0.15) is 24.8 Å². The smallest absolute Gasteiger partial charge is 0.241 e. The Morgan fingerprint density at radius 2 is 1.96 bits per heavy atom. The van der Waals surface area contributed by atoms with Gasteiger partial charge in [0.15, 0.2) is 0 Å². The summed E-state index contributed by atoms with van der Waals surface area (Å²) in [5, 5.41) is 3.16. The molecule has 5 heteroatoms. The maximum absolute atomic E-state index is 12.8. The van der Waals surface area contributed by atoms with Crippen LogP contribution >= 0.6 is 0 Å². The lowest BCUT2D eigenvalue weighted by molar-refractivity contribution is -0.122. The van der Waals surface area contributed by atoms with E-state index >= 15 is 0 Å². The molecular weight excluding hydrogens is 314 g/mol. The molecule has 0 aliphatic carbocycles. The van der Waals surface area contributed by atoms with E-state index in [-0.39, 0.29) is 11.9 Å². The first-order valence-electron chi connectivity index (χ1n) is 9.72. The number of hydrogen-bond acceptors (Lipinski definition) is 4. The summed E-state index contributed by atoms with van der Waals surface area (Å²) in [5.41, 5.74) is 2.26. The maximum atomic E-state index is 12.8. The van der Waals surface area contributed by atoms with Crippen LogP contribution in [-0.4, -0.2) is 67.7 Å². The summed E-state index contributed by atoms with van der Waals surface area (Å²) < 4.78 is 5.46. The second kappa shape index (κ2) is 7.85. The van der Waals surface area contributed by atoms with E-state index in [0.29, 0.717) is 5.92 Å². The SMILES string of the molecule is O=C1Nc2ccccc2CC[C@@H]1N1CCC[C@@H](CN2CCOCC2)C1. The van der Waals surface area contributed by atoms with Crippen molar-refractivity contribution in [3.8, 4) is 0 Å². The van der Waals surface area contributed by atoms with E-state index in [4.69, 9.17) is 4.74 Å². The highest BCUT2D eigenvalue weighted by Crippen LogP contribution is 2.27. The molecule has 0 aromatic heterocycles. The largest absolute Gasteiger partial charge is 0.379 e. The zero-order valence-electron chi connectivity index (χ0n) is 15.0. The van der Waals surface area contributed by atoms with Crippen molar-refractivity contribution in [3.05, 3.63) is 29.8 Å². The average molecular weight is 343 g/mol. The maximum Gasteiger partial charge on any atom is 0.241 e. The zero-order chi connectivity index (χ0) is 17.1. The summed E-state index contributed by atoms with van der Waals surface area (Å²) in [6.45, 7) is 7.07. The molecule has 1 N–H and O–H groups in total. The number of hydrogen-bond donors (Lipinski definition) is 1. The van der Waals surface area contributed by atoms with E-state index in [2.05, 4.69) is 27.2 Å². The number of para-hydroxylation sites is 1. The van der Waals surface area contributed by atoms with Crippen molar-refractivity contribution in [2.24, 2.45) is 5.92 Å². The molecule has 0 spiro atoms. The fourth-order valence-electron chi connectivity index (χ4n) is 4.53. The minimum Gasteiger partial charge on any atom is -0.379 e. The molecule has 25 heavy (non-hydrogen) atoms. The molecule has 0 saturated carbocycles. The molecule has 136 valence electrons. The number of benzene rings is 1. The monoisotopic (exact) mass is 343 g/mol. The predicted molar refractivity (Wildman–Crippen MR) is 98.7 cm³/mol. The molecule has 3 aliphatic heterocycles. The minimum absolute atomic E-state index is 0.0138. The summed E-state index contributed by atoms with van der Waals surface area (Å²) in [6.07, 6.45) is 4.38. The number of anilines is 1. The third-order valence-corrected chi connectivity index (χ3v) is 5.88. The van der Waals surface area contributed by atoms with Crippen molar-refractivity contribution in [1.29, 1.82) is 0 Å². The van der Waals surface area contributed by atoms with E-state index in [9.17, 15) is 4.79 Å². The van der Waals surface area contributed by atoms with Gasteiger partial charge in [-0.05, 0) is 49.8 Å². The highest BCUT2D eigenvalue weighted by Gasteiger charge is 2.32.